The predicted octanol–water partition coefficient (Wildman–Crippen LogP) is 1.64. The van der Waals surface area contributed by atoms with Crippen LogP contribution in [-0.4, -0.2) is 42.1 Å². The number of hydrogen-bond acceptors (Lipinski definition) is 3. The van der Waals surface area contributed by atoms with Crippen molar-refractivity contribution in [3.8, 4) is 6.07 Å². The molecule has 1 aliphatic heterocycles. The number of amides is 2. The van der Waals surface area contributed by atoms with Gasteiger partial charge in [0, 0.05) is 25.8 Å². The van der Waals surface area contributed by atoms with Crippen LogP contribution in [0.4, 0.5) is 10.5 Å². The molecule has 20 heavy (non-hydrogen) atoms. The Morgan fingerprint density at radius 1 is 1.50 bits per heavy atom. The van der Waals surface area contributed by atoms with E-state index < -0.39 is 11.9 Å². The number of carbonyl (C=O) groups is 2. The molecular weight excluding hydrogens is 258 g/mol. The zero-order chi connectivity index (χ0) is 14.7. The molecule has 104 valence electrons. The Morgan fingerprint density at radius 3 is 2.85 bits per heavy atom. The number of benzene rings is 1. The third-order valence-electron chi connectivity index (χ3n) is 3.38. The molecule has 6 heteroatoms. The first-order chi connectivity index (χ1) is 9.56. The number of fused-ring (bicyclic) bond motifs is 1. The summed E-state index contributed by atoms with van der Waals surface area (Å²) >= 11 is 0. The molecule has 0 saturated carbocycles. The highest BCUT2D eigenvalue weighted by Crippen LogP contribution is 2.36. The number of anilines is 1. The number of nitrogens with zero attached hydrogens (tertiary/aromatic N) is 3. The van der Waals surface area contributed by atoms with Crippen LogP contribution < -0.4 is 4.90 Å². The molecule has 1 aromatic carbocycles. The van der Waals surface area contributed by atoms with E-state index in [-0.39, 0.29) is 19.0 Å². The van der Waals surface area contributed by atoms with Gasteiger partial charge in [-0.05, 0) is 11.6 Å². The Balaban J connectivity index is 2.25. The van der Waals surface area contributed by atoms with Crippen molar-refractivity contribution in [1.29, 1.82) is 5.26 Å². The van der Waals surface area contributed by atoms with Crippen molar-refractivity contribution in [3.63, 3.8) is 0 Å². The van der Waals surface area contributed by atoms with Gasteiger partial charge in [-0.3, -0.25) is 9.69 Å². The second-order valence-corrected chi connectivity index (χ2v) is 4.67. The third kappa shape index (κ3) is 2.43. The van der Waals surface area contributed by atoms with Gasteiger partial charge in [-0.1, -0.05) is 18.2 Å². The van der Waals surface area contributed by atoms with Gasteiger partial charge in [-0.2, -0.15) is 5.26 Å². The molecule has 1 unspecified atom stereocenters. The van der Waals surface area contributed by atoms with E-state index in [4.69, 9.17) is 5.26 Å². The summed E-state index contributed by atoms with van der Waals surface area (Å²) in [5.74, 6) is -1.63. The van der Waals surface area contributed by atoms with Crippen LogP contribution >= 0.6 is 0 Å². The van der Waals surface area contributed by atoms with Crippen LogP contribution in [0.25, 0.3) is 0 Å². The van der Waals surface area contributed by atoms with E-state index in [1.54, 1.807) is 31.3 Å². The number of urea groups is 1. The summed E-state index contributed by atoms with van der Waals surface area (Å²) in [5.41, 5.74) is 1.29. The van der Waals surface area contributed by atoms with Crippen LogP contribution in [0.15, 0.2) is 24.3 Å². The first-order valence-electron chi connectivity index (χ1n) is 6.27. The minimum Gasteiger partial charge on any atom is -0.481 e. The molecule has 2 rings (SSSR count). The number of nitriles is 1. The van der Waals surface area contributed by atoms with E-state index in [1.807, 2.05) is 6.07 Å². The molecule has 6 nitrogen and oxygen atoms in total. The zero-order valence-electron chi connectivity index (χ0n) is 11.1. The first-order valence-corrected chi connectivity index (χ1v) is 6.27. The minimum atomic E-state index is -0.938. The molecule has 1 aromatic rings. The highest BCUT2D eigenvalue weighted by molar-refractivity contribution is 5.97. The molecule has 0 aromatic heterocycles. The number of hydrogen-bond donors (Lipinski definition) is 1. The summed E-state index contributed by atoms with van der Waals surface area (Å²) in [6, 6.07) is 8.72. The van der Waals surface area contributed by atoms with Crippen molar-refractivity contribution in [2.24, 2.45) is 0 Å². The van der Waals surface area contributed by atoms with Crippen molar-refractivity contribution in [1.82, 2.24) is 4.90 Å². The first kappa shape index (κ1) is 13.9. The van der Waals surface area contributed by atoms with Gasteiger partial charge in [0.15, 0.2) is 0 Å². The van der Waals surface area contributed by atoms with Gasteiger partial charge >= 0.3 is 12.0 Å². The summed E-state index contributed by atoms with van der Waals surface area (Å²) in [7, 11) is 1.61. The second kappa shape index (κ2) is 5.61. The fraction of sp³-hybridized carbons (Fsp3) is 0.357. The molecular formula is C14H15N3O3. The largest absolute Gasteiger partial charge is 0.481 e. The molecule has 1 heterocycles. The highest BCUT2D eigenvalue weighted by Gasteiger charge is 2.37. The predicted molar refractivity (Wildman–Crippen MR) is 72.4 cm³/mol. The summed E-state index contributed by atoms with van der Waals surface area (Å²) < 4.78 is 0. The molecule has 1 aliphatic rings. The van der Waals surface area contributed by atoms with E-state index in [1.165, 1.54) is 9.80 Å². The van der Waals surface area contributed by atoms with Crippen molar-refractivity contribution in [2.75, 3.05) is 25.0 Å². The summed E-state index contributed by atoms with van der Waals surface area (Å²) in [6.45, 7) is 0.455. The second-order valence-electron chi connectivity index (χ2n) is 4.67. The normalized spacial score (nSPS) is 16.4. The smallest absolute Gasteiger partial charge is 0.324 e. The lowest BCUT2D eigenvalue weighted by Gasteiger charge is -2.24. The van der Waals surface area contributed by atoms with Crippen molar-refractivity contribution >= 4 is 17.7 Å². The van der Waals surface area contributed by atoms with Gasteiger partial charge in [-0.25, -0.2) is 4.79 Å². The molecule has 0 fully saturated rings. The van der Waals surface area contributed by atoms with E-state index in [0.717, 1.165) is 0 Å². The SMILES string of the molecule is CN(CCC#N)C(=O)N1CC(C(=O)O)c2ccccc21. The van der Waals surface area contributed by atoms with E-state index in [0.29, 0.717) is 17.8 Å². The Hall–Kier alpha value is -2.55. The quantitative estimate of drug-likeness (QED) is 0.907. The Morgan fingerprint density at radius 2 is 2.20 bits per heavy atom. The maximum atomic E-state index is 12.3. The molecule has 0 saturated heterocycles. The lowest BCUT2D eigenvalue weighted by atomic mass is 10.0. The lowest BCUT2D eigenvalue weighted by Crippen LogP contribution is -2.41. The lowest BCUT2D eigenvalue weighted by molar-refractivity contribution is -0.138. The Labute approximate surface area is 116 Å². The van der Waals surface area contributed by atoms with Crippen LogP contribution in [0, 0.1) is 11.3 Å². The van der Waals surface area contributed by atoms with Gasteiger partial charge in [0.05, 0.1) is 12.5 Å². The monoisotopic (exact) mass is 273 g/mol. The zero-order valence-corrected chi connectivity index (χ0v) is 11.1. The average Bonchev–Trinajstić information content (AvgIpc) is 2.83. The molecule has 2 amide bonds. The summed E-state index contributed by atoms with van der Waals surface area (Å²) in [6.07, 6.45) is 0.250. The Kier molecular flexibility index (Phi) is 3.89. The number of carboxylic acids is 1. The van der Waals surface area contributed by atoms with E-state index in [2.05, 4.69) is 0 Å². The number of carbonyl (C=O) groups excluding carboxylic acids is 1. The molecule has 0 spiro atoms. The topological polar surface area (TPSA) is 84.6 Å². The van der Waals surface area contributed by atoms with Crippen LogP contribution in [0.5, 0.6) is 0 Å². The number of aliphatic carboxylic acids is 1. The molecule has 1 N–H and O–H groups in total. The maximum Gasteiger partial charge on any atom is 0.324 e. The van der Waals surface area contributed by atoms with Gasteiger partial charge in [0.25, 0.3) is 0 Å². The number of carboxylic acid groups (broad SMARTS) is 1. The van der Waals surface area contributed by atoms with Gasteiger partial charge in [0.2, 0.25) is 0 Å². The van der Waals surface area contributed by atoms with Gasteiger partial charge in [0.1, 0.15) is 5.92 Å². The van der Waals surface area contributed by atoms with E-state index in [9.17, 15) is 14.7 Å². The van der Waals surface area contributed by atoms with Gasteiger partial charge < -0.3 is 10.0 Å². The third-order valence-corrected chi connectivity index (χ3v) is 3.38. The summed E-state index contributed by atoms with van der Waals surface area (Å²) in [5, 5.41) is 17.8. The summed E-state index contributed by atoms with van der Waals surface area (Å²) in [4.78, 5) is 26.5. The average molecular weight is 273 g/mol. The molecule has 0 radical (unpaired) electrons. The number of rotatable bonds is 3. The van der Waals surface area contributed by atoms with Crippen molar-refractivity contribution in [2.45, 2.75) is 12.3 Å². The standard InChI is InChI=1S/C14H15N3O3/c1-16(8-4-7-15)14(20)17-9-11(13(18)19)10-5-2-3-6-12(10)17/h2-3,5-6,11H,4,8-9H2,1H3,(H,18,19). The van der Waals surface area contributed by atoms with Crippen LogP contribution in [0.2, 0.25) is 0 Å². The van der Waals surface area contributed by atoms with Crippen molar-refractivity contribution < 1.29 is 14.7 Å². The molecule has 0 bridgehead atoms. The van der Waals surface area contributed by atoms with E-state index >= 15 is 0 Å². The van der Waals surface area contributed by atoms with Crippen molar-refractivity contribution in [3.05, 3.63) is 29.8 Å². The molecule has 0 aliphatic carbocycles. The number of para-hydroxylation sites is 1. The van der Waals surface area contributed by atoms with Crippen LogP contribution in [0.1, 0.15) is 17.9 Å². The van der Waals surface area contributed by atoms with Gasteiger partial charge in [-0.15, -0.1) is 0 Å². The Bertz CT molecular complexity index is 579. The van der Waals surface area contributed by atoms with Crippen LogP contribution in [-0.2, 0) is 4.79 Å². The van der Waals surface area contributed by atoms with Crippen LogP contribution in [0.3, 0.4) is 0 Å². The fourth-order valence-corrected chi connectivity index (χ4v) is 2.32. The fourth-order valence-electron chi connectivity index (χ4n) is 2.32. The maximum absolute atomic E-state index is 12.3. The molecule has 1 atom stereocenters. The highest BCUT2D eigenvalue weighted by atomic mass is 16.4. The minimum absolute atomic E-state index is 0.129.